The van der Waals surface area contributed by atoms with E-state index < -0.39 is 37.5 Å². The zero-order valence-electron chi connectivity index (χ0n) is 36.8. The minimum atomic E-state index is -4.66. The molecule has 2 N–H and O–H groups in total. The van der Waals surface area contributed by atoms with Gasteiger partial charge in [0.15, 0.2) is 11.4 Å². The predicted octanol–water partition coefficient (Wildman–Crippen LogP) is 6.99. The van der Waals surface area contributed by atoms with E-state index in [9.17, 15) is 28.1 Å². The van der Waals surface area contributed by atoms with Gasteiger partial charge in [-0.05, 0) is 90.4 Å². The van der Waals surface area contributed by atoms with Crippen LogP contribution in [-0.4, -0.2) is 120 Å². The van der Waals surface area contributed by atoms with Gasteiger partial charge in [-0.1, -0.05) is 43.2 Å². The number of morpholine rings is 1. The Morgan fingerprint density at radius 2 is 1.82 bits per heavy atom. The number of ether oxygens (including phenoxy) is 2. The van der Waals surface area contributed by atoms with E-state index in [2.05, 4.69) is 55.6 Å². The van der Waals surface area contributed by atoms with Gasteiger partial charge in [0.1, 0.15) is 18.2 Å². The summed E-state index contributed by atoms with van der Waals surface area (Å²) < 4.78 is 42.9. The van der Waals surface area contributed by atoms with E-state index in [1.54, 1.807) is 34.1 Å². The Hall–Kier alpha value is -6.34. The van der Waals surface area contributed by atoms with Crippen molar-refractivity contribution in [1.29, 1.82) is 0 Å². The second-order valence-corrected chi connectivity index (χ2v) is 20.0. The number of nitrogens with one attached hydrogen (secondary N) is 2. The number of fused-ring (bicyclic) bond motifs is 2. The van der Waals surface area contributed by atoms with Crippen LogP contribution in [0.3, 0.4) is 0 Å². The van der Waals surface area contributed by atoms with Crippen LogP contribution in [0.4, 0.5) is 11.4 Å². The maximum absolute atomic E-state index is 14.2. The van der Waals surface area contributed by atoms with E-state index in [4.69, 9.17) is 21.1 Å². The summed E-state index contributed by atoms with van der Waals surface area (Å²) >= 11 is 6.26. The maximum atomic E-state index is 14.2. The first-order valence-corrected chi connectivity index (χ1v) is 23.7. The number of hydrogen-bond donors (Lipinski definition) is 2. The molecule has 2 fully saturated rings. The zero-order chi connectivity index (χ0) is 46.3. The highest BCUT2D eigenvalue weighted by Gasteiger charge is 2.31. The van der Waals surface area contributed by atoms with Crippen molar-refractivity contribution in [3.8, 4) is 11.4 Å². The molecular formula is C47H50ClN9O8S. The van der Waals surface area contributed by atoms with Crippen LogP contribution in [0.25, 0.3) is 33.3 Å². The molecule has 66 heavy (non-hydrogen) atoms. The number of rotatable bonds is 12. The summed E-state index contributed by atoms with van der Waals surface area (Å²) in [6.07, 6.45) is 5.97. The van der Waals surface area contributed by atoms with Crippen LogP contribution in [0.2, 0.25) is 5.02 Å². The first-order valence-electron chi connectivity index (χ1n) is 21.9. The van der Waals surface area contributed by atoms with Crippen molar-refractivity contribution < 1.29 is 32.4 Å². The van der Waals surface area contributed by atoms with Gasteiger partial charge in [0.05, 0.1) is 39.7 Å². The SMILES string of the molecule is CC(=O)N1CCO[C@@H](COc2ccc(S(=O)(=O)NC(=O)c3ccc(N4CCN(CC5=C(c6ccc(Cl)cc6)CC(C)(C)CC5)CC4)cc3-n3[nH]cc4nc5nccc5cc43)cc2[N+](=O)[O-])C1. The van der Waals surface area contributed by atoms with Gasteiger partial charge in [-0.2, -0.15) is 0 Å². The third-order valence-corrected chi connectivity index (χ3v) is 14.3. The Kier molecular flexibility index (Phi) is 12.3. The van der Waals surface area contributed by atoms with Gasteiger partial charge >= 0.3 is 5.69 Å². The van der Waals surface area contributed by atoms with E-state index in [0.29, 0.717) is 28.9 Å². The molecule has 3 aromatic heterocycles. The van der Waals surface area contributed by atoms with Crippen LogP contribution < -0.4 is 14.4 Å². The quantitative estimate of drug-likeness (QED) is 0.0944. The van der Waals surface area contributed by atoms with E-state index in [1.807, 2.05) is 30.3 Å². The van der Waals surface area contributed by atoms with E-state index in [0.717, 1.165) is 80.2 Å². The van der Waals surface area contributed by atoms with Crippen LogP contribution in [0.5, 0.6) is 5.75 Å². The molecule has 0 radical (unpaired) electrons. The summed E-state index contributed by atoms with van der Waals surface area (Å²) in [6.45, 7) is 10.9. The fourth-order valence-corrected chi connectivity index (χ4v) is 10.2. The lowest BCUT2D eigenvalue weighted by Gasteiger charge is -2.39. The number of carbonyl (C=O) groups excluding carboxylic acids is 2. The summed E-state index contributed by atoms with van der Waals surface area (Å²) in [7, 11) is -4.66. The molecule has 2 aliphatic heterocycles. The number of anilines is 1. The Morgan fingerprint density at radius 3 is 2.58 bits per heavy atom. The van der Waals surface area contributed by atoms with Crippen molar-refractivity contribution in [2.75, 3.05) is 63.9 Å². The fraction of sp³-hybridized carbons (Fsp3) is 0.362. The highest BCUT2D eigenvalue weighted by Crippen LogP contribution is 2.43. The first-order chi connectivity index (χ1) is 31.6. The summed E-state index contributed by atoms with van der Waals surface area (Å²) in [5.74, 6) is -1.27. The highest BCUT2D eigenvalue weighted by molar-refractivity contribution is 7.90. The average Bonchev–Trinajstić information content (AvgIpc) is 3.94. The lowest BCUT2D eigenvalue weighted by atomic mass is 9.72. The van der Waals surface area contributed by atoms with Crippen LogP contribution in [0.15, 0.2) is 95.7 Å². The Balaban J connectivity index is 0.964. The number of nitrogens with zero attached hydrogens (tertiary/aromatic N) is 7. The predicted molar refractivity (Wildman–Crippen MR) is 251 cm³/mol. The number of benzene rings is 3. The van der Waals surface area contributed by atoms with Crippen molar-refractivity contribution >= 4 is 72.5 Å². The van der Waals surface area contributed by atoms with Gasteiger partial charge in [0.25, 0.3) is 15.9 Å². The molecule has 1 atom stereocenters. The number of carbonyl (C=O) groups is 2. The number of halogens is 1. The van der Waals surface area contributed by atoms with Crippen molar-refractivity contribution in [3.05, 3.63) is 117 Å². The highest BCUT2D eigenvalue weighted by atomic mass is 35.5. The molecule has 0 bridgehead atoms. The Labute approximate surface area is 386 Å². The number of nitro benzene ring substituents is 1. The second-order valence-electron chi connectivity index (χ2n) is 17.8. The summed E-state index contributed by atoms with van der Waals surface area (Å²) in [4.78, 5) is 52.3. The molecule has 0 unspecified atom stereocenters. The number of aromatic nitrogens is 4. The number of nitro groups is 1. The monoisotopic (exact) mass is 935 g/mol. The summed E-state index contributed by atoms with van der Waals surface area (Å²) in [5, 5.41) is 16.9. The van der Waals surface area contributed by atoms with Crippen molar-refractivity contribution in [1.82, 2.24) is 34.3 Å². The van der Waals surface area contributed by atoms with Crippen molar-refractivity contribution in [3.63, 3.8) is 0 Å². The number of piperazine rings is 1. The number of pyridine rings is 1. The third kappa shape index (κ3) is 9.49. The lowest BCUT2D eigenvalue weighted by molar-refractivity contribution is -0.386. The smallest absolute Gasteiger partial charge is 0.312 e. The third-order valence-electron chi connectivity index (χ3n) is 12.7. The van der Waals surface area contributed by atoms with E-state index >= 15 is 0 Å². The molecule has 0 saturated carbocycles. The largest absolute Gasteiger partial charge is 0.484 e. The molecule has 19 heteroatoms. The molecule has 9 rings (SSSR count). The van der Waals surface area contributed by atoms with Gasteiger partial charge in [-0.25, -0.2) is 23.1 Å². The Bertz CT molecular complexity index is 3000. The van der Waals surface area contributed by atoms with Gasteiger partial charge in [0.2, 0.25) is 5.91 Å². The van der Waals surface area contributed by atoms with Gasteiger partial charge < -0.3 is 19.3 Å². The number of H-pyrrole nitrogens is 1. The fourth-order valence-electron chi connectivity index (χ4n) is 9.06. The average molecular weight is 936 g/mol. The minimum absolute atomic E-state index is 0.0267. The van der Waals surface area contributed by atoms with Crippen LogP contribution in [-0.2, 0) is 19.6 Å². The number of aromatic amines is 1. The van der Waals surface area contributed by atoms with Gasteiger partial charge in [-0.3, -0.25) is 34.4 Å². The molecule has 3 aromatic carbocycles. The molecule has 344 valence electrons. The normalized spacial score (nSPS) is 18.2. The standard InChI is InChI=1S/C47H50ClN9O8S/c1-30(58)55-20-21-64-36(28-55)29-65-44-11-9-37(24-43(44)57(60)61)66(62,63)52-46(59)38-10-8-35(23-41(38)56-42-22-32-13-15-49-45(32)51-40(42)26-50-56)54-18-16-53(17-19-54)27-33-12-14-47(2,3)25-39(33)31-4-6-34(48)7-5-31/h4-11,13,15,22-24,26,36,50H,12,14,16-21,25,27-29H2,1-3H3,(H,52,59)/t36-/m1/s1. The summed E-state index contributed by atoms with van der Waals surface area (Å²) in [6, 6.07) is 20.3. The molecule has 17 nitrogen and oxygen atoms in total. The topological polar surface area (TPSA) is 198 Å². The maximum Gasteiger partial charge on any atom is 0.312 e. The molecule has 2 amide bonds. The van der Waals surface area contributed by atoms with Crippen molar-refractivity contribution in [2.24, 2.45) is 5.41 Å². The molecule has 6 aromatic rings. The number of hydrogen-bond acceptors (Lipinski definition) is 12. The molecule has 1 aliphatic carbocycles. The van der Waals surface area contributed by atoms with Crippen LogP contribution in [0, 0.1) is 15.5 Å². The molecule has 2 saturated heterocycles. The van der Waals surface area contributed by atoms with Gasteiger partial charge in [0, 0.05) is 80.7 Å². The van der Waals surface area contributed by atoms with Gasteiger partial charge in [-0.15, -0.1) is 0 Å². The number of allylic oxidation sites excluding steroid dienone is 1. The molecule has 3 aliphatic rings. The number of sulfonamides is 1. The zero-order valence-corrected chi connectivity index (χ0v) is 38.4. The molecule has 0 spiro atoms. The van der Waals surface area contributed by atoms with E-state index in [1.165, 1.54) is 29.7 Å². The second kappa shape index (κ2) is 18.1. The first kappa shape index (κ1) is 44.8. The molecular weight excluding hydrogens is 886 g/mol. The number of amides is 2. The minimum Gasteiger partial charge on any atom is -0.484 e. The Morgan fingerprint density at radius 1 is 1.03 bits per heavy atom. The van der Waals surface area contributed by atoms with Crippen LogP contribution >= 0.6 is 11.6 Å². The lowest BCUT2D eigenvalue weighted by Crippen LogP contribution is -2.47. The van der Waals surface area contributed by atoms with E-state index in [-0.39, 0.29) is 42.4 Å². The van der Waals surface area contributed by atoms with Crippen molar-refractivity contribution in [2.45, 2.75) is 51.0 Å². The molecule has 5 heterocycles. The van der Waals surface area contributed by atoms with Crippen LogP contribution in [0.1, 0.15) is 56.0 Å². The summed E-state index contributed by atoms with van der Waals surface area (Å²) in [5.41, 5.74) is 6.68.